The van der Waals surface area contributed by atoms with Gasteiger partial charge in [-0.3, -0.25) is 0 Å². The monoisotopic (exact) mass is 67.1 g/mol. The molecule has 0 bridgehead atoms. The van der Waals surface area contributed by atoms with Gasteiger partial charge in [0, 0.05) is 0 Å². The Kier molecular flexibility index (Phi) is 0.654. The third kappa shape index (κ3) is 0.455. The Bertz CT molecular complexity index is 33.9. The molecule has 26 valence electrons. The van der Waals surface area contributed by atoms with Gasteiger partial charge in [-0.15, -0.1) is 0 Å². The molecule has 0 atom stereocenters. The molecule has 5 heavy (non-hydrogen) atoms. The fourth-order valence-electron chi connectivity index (χ4n) is 0.341. The van der Waals surface area contributed by atoms with E-state index in [0.29, 0.717) is 0 Å². The molecule has 1 saturated heterocycles. The van der Waals surface area contributed by atoms with Gasteiger partial charge in [-0.25, -0.2) is 0 Å². The lowest BCUT2D eigenvalue weighted by atomic mass is 10.1. The van der Waals surface area contributed by atoms with Crippen LogP contribution in [0.15, 0.2) is 0 Å². The molecule has 0 amide bonds. The van der Waals surface area contributed by atoms with Crippen LogP contribution in [0.5, 0.6) is 0 Å². The predicted molar refractivity (Wildman–Crippen MR) is 21.9 cm³/mol. The van der Waals surface area contributed by atoms with Gasteiger partial charge < -0.3 is 4.81 Å². The van der Waals surface area contributed by atoms with Crippen LogP contribution in [0.25, 0.3) is 0 Å². The highest BCUT2D eigenvalue weighted by molar-refractivity contribution is 6.04. The van der Waals surface area contributed by atoms with Gasteiger partial charge in [-0.05, 0) is 19.5 Å². The van der Waals surface area contributed by atoms with Crippen LogP contribution in [0.3, 0.4) is 0 Å². The van der Waals surface area contributed by atoms with E-state index < -0.39 is 0 Å². The number of nitrogens with zero attached hydrogens (tertiary/aromatic N) is 1. The third-order valence-corrected chi connectivity index (χ3v) is 0.891. The average Bonchev–Trinajstić information content (AvgIpc) is 1.30. The summed E-state index contributed by atoms with van der Waals surface area (Å²) in [6.07, 6.45) is 1.29. The molecule has 1 heterocycles. The van der Waals surface area contributed by atoms with Gasteiger partial charge in [0.15, 0.2) is 7.98 Å². The normalized spacial score (nSPS) is 25.6. The Balaban J connectivity index is 2.08. The second-order valence-corrected chi connectivity index (χ2v) is 1.39. The number of rotatable bonds is 0. The van der Waals surface area contributed by atoms with Crippen molar-refractivity contribution in [3.63, 3.8) is 0 Å². The van der Waals surface area contributed by atoms with Crippen LogP contribution in [0, 0.1) is 0 Å². The zero-order chi connectivity index (χ0) is 3.70. The minimum Gasteiger partial charge on any atom is -0.353 e. The topological polar surface area (TPSA) is 3.24 Å². The lowest BCUT2D eigenvalue weighted by Crippen LogP contribution is -2.34. The molecular weight excluding hydrogens is 60.9 g/mol. The van der Waals surface area contributed by atoms with E-state index >= 15 is 0 Å². The summed E-state index contributed by atoms with van der Waals surface area (Å²) in [6, 6.07) is 0. The number of hydrogen-bond donors (Lipinski definition) is 0. The molecule has 1 aliphatic rings. The van der Waals surface area contributed by atoms with Crippen LogP contribution < -0.4 is 0 Å². The lowest BCUT2D eigenvalue weighted by molar-refractivity contribution is 0.328. The van der Waals surface area contributed by atoms with Gasteiger partial charge >= 0.3 is 0 Å². The maximum Gasteiger partial charge on any atom is 0.182 e. The lowest BCUT2D eigenvalue weighted by Gasteiger charge is -2.25. The van der Waals surface area contributed by atoms with E-state index in [-0.39, 0.29) is 0 Å². The molecule has 0 saturated carbocycles. The van der Waals surface area contributed by atoms with E-state index in [2.05, 4.69) is 0 Å². The molecule has 2 radical (unpaired) electrons. The molecule has 0 unspecified atom stereocenters. The first-order chi connectivity index (χ1) is 2.39. The molecule has 0 aromatic heterocycles. The highest BCUT2D eigenvalue weighted by Gasteiger charge is 2.04. The summed E-state index contributed by atoms with van der Waals surface area (Å²) in [5.41, 5.74) is 0. The summed E-state index contributed by atoms with van der Waals surface area (Å²) in [7, 11) is 5.21. The Hall–Kier alpha value is 0.0249. The van der Waals surface area contributed by atoms with E-state index in [9.17, 15) is 0 Å². The maximum absolute atomic E-state index is 5.21. The Labute approximate surface area is 33.4 Å². The molecule has 0 spiro atoms. The second kappa shape index (κ2) is 1.01. The van der Waals surface area contributed by atoms with Gasteiger partial charge in [0.05, 0.1) is 0 Å². The quantitative estimate of drug-likeness (QED) is 0.354. The zero-order valence-corrected chi connectivity index (χ0v) is 3.15. The molecule has 0 N–H and O–H groups in total. The highest BCUT2D eigenvalue weighted by atomic mass is 15.1. The largest absolute Gasteiger partial charge is 0.353 e. The van der Waals surface area contributed by atoms with E-state index in [1.807, 2.05) is 0 Å². The van der Waals surface area contributed by atoms with Crippen LogP contribution in [0.4, 0.5) is 0 Å². The van der Waals surface area contributed by atoms with Crippen LogP contribution >= 0.6 is 0 Å². The molecule has 1 fully saturated rings. The molecule has 0 aromatic rings. The summed E-state index contributed by atoms with van der Waals surface area (Å²) >= 11 is 0. The van der Waals surface area contributed by atoms with Crippen molar-refractivity contribution in [2.75, 3.05) is 13.1 Å². The predicted octanol–water partition coefficient (Wildman–Crippen LogP) is -0.224. The fraction of sp³-hybridized carbons (Fsp3) is 1.00. The van der Waals surface area contributed by atoms with E-state index in [0.717, 1.165) is 13.1 Å². The Morgan fingerprint density at radius 2 is 1.80 bits per heavy atom. The summed E-state index contributed by atoms with van der Waals surface area (Å²) in [6.45, 7) is 2.19. The molecule has 0 aromatic carbocycles. The molecule has 1 aliphatic heterocycles. The van der Waals surface area contributed by atoms with Gasteiger partial charge in [0.25, 0.3) is 0 Å². The molecule has 1 nitrogen and oxygen atoms in total. The first-order valence-electron chi connectivity index (χ1n) is 1.89. The Morgan fingerprint density at radius 1 is 1.40 bits per heavy atom. The fourth-order valence-corrected chi connectivity index (χ4v) is 0.341. The summed E-state index contributed by atoms with van der Waals surface area (Å²) in [5.74, 6) is 0. The van der Waals surface area contributed by atoms with Crippen molar-refractivity contribution < 1.29 is 0 Å². The van der Waals surface area contributed by atoms with Gasteiger partial charge in [0.1, 0.15) is 0 Å². The molecular formula is C3H6BN. The maximum atomic E-state index is 5.21. The minimum absolute atomic E-state index is 1.10. The van der Waals surface area contributed by atoms with Crippen LogP contribution in [0.2, 0.25) is 0 Å². The zero-order valence-electron chi connectivity index (χ0n) is 3.15. The van der Waals surface area contributed by atoms with E-state index in [1.165, 1.54) is 6.42 Å². The summed E-state index contributed by atoms with van der Waals surface area (Å²) in [4.78, 5) is 1.81. The standard InChI is InChI=1S/C3H6BN/c4-5-2-1-3-5/h1-3H2. The minimum atomic E-state index is 1.10. The second-order valence-electron chi connectivity index (χ2n) is 1.39. The average molecular weight is 66.9 g/mol. The van der Waals surface area contributed by atoms with Crippen LogP contribution in [0.1, 0.15) is 6.42 Å². The van der Waals surface area contributed by atoms with Gasteiger partial charge in [-0.1, -0.05) is 0 Å². The van der Waals surface area contributed by atoms with E-state index in [4.69, 9.17) is 7.98 Å². The number of hydrogen-bond acceptors (Lipinski definition) is 1. The smallest absolute Gasteiger partial charge is 0.182 e. The van der Waals surface area contributed by atoms with Gasteiger partial charge in [0.2, 0.25) is 0 Å². The molecule has 2 heteroatoms. The van der Waals surface area contributed by atoms with Gasteiger partial charge in [-0.2, -0.15) is 0 Å². The van der Waals surface area contributed by atoms with Crippen molar-refractivity contribution in [1.29, 1.82) is 0 Å². The first-order valence-corrected chi connectivity index (χ1v) is 1.89. The van der Waals surface area contributed by atoms with Crippen molar-refractivity contribution >= 4 is 7.98 Å². The van der Waals surface area contributed by atoms with Crippen molar-refractivity contribution in [1.82, 2.24) is 4.81 Å². The van der Waals surface area contributed by atoms with Crippen LogP contribution in [-0.2, 0) is 0 Å². The van der Waals surface area contributed by atoms with Crippen molar-refractivity contribution in [2.45, 2.75) is 6.42 Å². The van der Waals surface area contributed by atoms with Crippen molar-refractivity contribution in [3.05, 3.63) is 0 Å². The van der Waals surface area contributed by atoms with Crippen LogP contribution in [-0.4, -0.2) is 25.9 Å². The molecule has 1 rings (SSSR count). The third-order valence-electron chi connectivity index (χ3n) is 0.891. The highest BCUT2D eigenvalue weighted by Crippen LogP contribution is 1.97. The van der Waals surface area contributed by atoms with Crippen molar-refractivity contribution in [2.24, 2.45) is 0 Å². The molecule has 0 aliphatic carbocycles. The van der Waals surface area contributed by atoms with Crippen molar-refractivity contribution in [3.8, 4) is 0 Å². The summed E-state index contributed by atoms with van der Waals surface area (Å²) in [5, 5.41) is 0. The SMILES string of the molecule is [B]N1CCC1. The summed E-state index contributed by atoms with van der Waals surface area (Å²) < 4.78 is 0. The first kappa shape index (κ1) is 3.22. The van der Waals surface area contributed by atoms with E-state index in [1.54, 1.807) is 4.81 Å². The Morgan fingerprint density at radius 3 is 1.80 bits per heavy atom.